The lowest BCUT2D eigenvalue weighted by atomic mass is 9.87. The number of hydrogen-bond acceptors (Lipinski definition) is 4. The van der Waals surface area contributed by atoms with E-state index in [9.17, 15) is 30.8 Å². The molecule has 10 heteroatoms. The van der Waals surface area contributed by atoms with Gasteiger partial charge in [-0.1, -0.05) is 42.5 Å². The Morgan fingerprint density at radius 3 is 2.42 bits per heavy atom. The maximum atomic E-state index is 14.3. The second kappa shape index (κ2) is 10.2. The van der Waals surface area contributed by atoms with Crippen LogP contribution in [0.1, 0.15) is 34.7 Å². The van der Waals surface area contributed by atoms with Crippen LogP contribution in [0.2, 0.25) is 0 Å². The van der Waals surface area contributed by atoms with Crippen molar-refractivity contribution in [2.75, 3.05) is 11.4 Å². The summed E-state index contributed by atoms with van der Waals surface area (Å²) in [7, 11) is -2.91. The minimum Gasteiger partial charge on any atom is -0.469 e. The van der Waals surface area contributed by atoms with Gasteiger partial charge in [-0.15, -0.1) is 0 Å². The van der Waals surface area contributed by atoms with Gasteiger partial charge in [-0.25, -0.2) is 12.8 Å². The number of sulfonamides is 1. The molecule has 0 fully saturated rings. The summed E-state index contributed by atoms with van der Waals surface area (Å²) in [5, 5.41) is 0. The van der Waals surface area contributed by atoms with Crippen molar-refractivity contribution in [2.24, 2.45) is 5.92 Å². The van der Waals surface area contributed by atoms with Gasteiger partial charge in [0.2, 0.25) is 0 Å². The van der Waals surface area contributed by atoms with Crippen molar-refractivity contribution in [2.45, 2.75) is 37.4 Å². The van der Waals surface area contributed by atoms with Crippen LogP contribution in [0, 0.1) is 18.7 Å². The van der Waals surface area contributed by atoms with Gasteiger partial charge in [-0.05, 0) is 67.3 Å². The molecule has 0 spiro atoms. The number of hydrogen-bond donors (Lipinski definition) is 0. The van der Waals surface area contributed by atoms with Gasteiger partial charge >= 0.3 is 12.1 Å². The largest absolute Gasteiger partial charge is 0.469 e. The number of nitrogens with zero attached hydrogens (tertiary/aromatic N) is 1. The number of methoxy groups -OCH3 is 1. The minimum absolute atomic E-state index is 0.0305. The highest BCUT2D eigenvalue weighted by Gasteiger charge is 2.42. The number of aryl methyl sites for hydroxylation is 1. The van der Waals surface area contributed by atoms with Crippen molar-refractivity contribution in [1.29, 1.82) is 0 Å². The summed E-state index contributed by atoms with van der Waals surface area (Å²) in [6.07, 6.45) is -2.24. The van der Waals surface area contributed by atoms with Crippen molar-refractivity contribution >= 4 is 33.8 Å². The first-order chi connectivity index (χ1) is 17.8. The Labute approximate surface area is 218 Å². The van der Waals surface area contributed by atoms with Crippen LogP contribution in [0.3, 0.4) is 0 Å². The van der Waals surface area contributed by atoms with Gasteiger partial charge in [0.25, 0.3) is 10.0 Å². The second-order valence-corrected chi connectivity index (χ2v) is 10.9. The van der Waals surface area contributed by atoms with E-state index in [1.165, 1.54) is 31.4 Å². The van der Waals surface area contributed by atoms with Gasteiger partial charge in [0, 0.05) is 5.56 Å². The molecule has 38 heavy (non-hydrogen) atoms. The summed E-state index contributed by atoms with van der Waals surface area (Å²) < 4.78 is 88.3. The van der Waals surface area contributed by atoms with Crippen LogP contribution in [0.25, 0.3) is 12.2 Å². The zero-order valence-electron chi connectivity index (χ0n) is 20.8. The fraction of sp³-hybridized carbons (Fsp3) is 0.250. The molecule has 0 bridgehead atoms. The van der Waals surface area contributed by atoms with Crippen LogP contribution < -0.4 is 4.31 Å². The summed E-state index contributed by atoms with van der Waals surface area (Å²) in [6.45, 7) is 3.36. The first-order valence-corrected chi connectivity index (χ1v) is 13.1. The summed E-state index contributed by atoms with van der Waals surface area (Å²) in [4.78, 5) is 12.6. The number of esters is 1. The van der Waals surface area contributed by atoms with Gasteiger partial charge in [-0.2, -0.15) is 13.2 Å². The summed E-state index contributed by atoms with van der Waals surface area (Å²) in [6, 6.07) is 12.9. The number of fused-ring (bicyclic) bond motifs is 1. The normalized spacial score (nSPS) is 17.9. The first kappa shape index (κ1) is 27.4. The first-order valence-electron chi connectivity index (χ1n) is 11.7. The number of ether oxygens (including phenoxy) is 1. The monoisotopic (exact) mass is 547 g/mol. The zero-order chi connectivity index (χ0) is 27.8. The van der Waals surface area contributed by atoms with Gasteiger partial charge in [-0.3, -0.25) is 9.10 Å². The molecule has 0 saturated carbocycles. The average Bonchev–Trinajstić information content (AvgIpc) is 2.86. The molecule has 1 heterocycles. The van der Waals surface area contributed by atoms with Gasteiger partial charge in [0.15, 0.2) is 0 Å². The minimum atomic E-state index is -4.76. The maximum absolute atomic E-state index is 14.3. The molecule has 0 amide bonds. The van der Waals surface area contributed by atoms with Crippen molar-refractivity contribution in [3.63, 3.8) is 0 Å². The molecule has 3 aromatic carbocycles. The molecule has 1 aliphatic heterocycles. The highest BCUT2D eigenvalue weighted by Crippen LogP contribution is 2.40. The van der Waals surface area contributed by atoms with Crippen molar-refractivity contribution in [3.05, 3.63) is 94.3 Å². The quantitative estimate of drug-likeness (QED) is 0.215. The molecule has 2 atom stereocenters. The third kappa shape index (κ3) is 5.18. The fourth-order valence-electron chi connectivity index (χ4n) is 4.66. The number of rotatable bonds is 5. The molecule has 4 rings (SSSR count). The molecule has 0 radical (unpaired) electrons. The molecule has 0 unspecified atom stereocenters. The third-order valence-electron chi connectivity index (χ3n) is 6.59. The summed E-state index contributed by atoms with van der Waals surface area (Å²) in [5.74, 6) is -2.37. The average molecular weight is 548 g/mol. The smallest absolute Gasteiger partial charge is 0.417 e. The Kier molecular flexibility index (Phi) is 7.38. The molecule has 0 aromatic heterocycles. The van der Waals surface area contributed by atoms with Crippen LogP contribution >= 0.6 is 0 Å². The summed E-state index contributed by atoms with van der Waals surface area (Å²) >= 11 is 0. The molecular weight excluding hydrogens is 522 g/mol. The highest BCUT2D eigenvalue weighted by molar-refractivity contribution is 7.92. The number of carbonyl (C=O) groups is 1. The number of halogens is 4. The fourth-order valence-corrected chi connectivity index (χ4v) is 6.48. The van der Waals surface area contributed by atoms with E-state index in [2.05, 4.69) is 0 Å². The molecule has 200 valence electrons. The SMILES string of the molecule is COC(=O)[C@@H]1Cc2ccc(/C=C/c3c(F)cccc3C(F)(F)F)cc2N(S(=O)(=O)c2cccc(C)c2)[C@@H]1C. The maximum Gasteiger partial charge on any atom is 0.417 e. The summed E-state index contributed by atoms with van der Waals surface area (Å²) in [5.41, 5.74) is 0.168. The van der Waals surface area contributed by atoms with Crippen molar-refractivity contribution in [1.82, 2.24) is 0 Å². The van der Waals surface area contributed by atoms with Gasteiger partial charge in [0.05, 0.1) is 35.2 Å². The number of anilines is 1. The topological polar surface area (TPSA) is 63.7 Å². The number of carbonyl (C=O) groups excluding carboxylic acids is 1. The van der Waals surface area contributed by atoms with Crippen LogP contribution in [-0.4, -0.2) is 27.5 Å². The van der Waals surface area contributed by atoms with E-state index in [4.69, 9.17) is 4.74 Å². The standard InChI is InChI=1S/C28H25F4NO4S/c1-17-6-4-7-21(14-17)38(35,36)33-18(2)23(27(34)37-3)16-20-12-10-19(15-26(20)33)11-13-22-24(28(30,31)32)8-5-9-25(22)29/h4-15,18,23H,16H2,1-3H3/b13-11+/t18-,23-/m1/s1. The number of alkyl halides is 3. The lowest BCUT2D eigenvalue weighted by Crippen LogP contribution is -2.49. The predicted molar refractivity (Wildman–Crippen MR) is 136 cm³/mol. The molecule has 0 saturated heterocycles. The third-order valence-corrected chi connectivity index (χ3v) is 8.49. The van der Waals surface area contributed by atoms with E-state index >= 15 is 0 Å². The Morgan fingerprint density at radius 1 is 1.05 bits per heavy atom. The Morgan fingerprint density at radius 2 is 1.76 bits per heavy atom. The molecule has 1 aliphatic rings. The second-order valence-electron chi connectivity index (χ2n) is 9.11. The van der Waals surface area contributed by atoms with Crippen molar-refractivity contribution < 1.29 is 35.5 Å². The lowest BCUT2D eigenvalue weighted by Gasteiger charge is -2.40. The van der Waals surface area contributed by atoms with Crippen LogP contribution in [0.4, 0.5) is 23.2 Å². The van der Waals surface area contributed by atoms with E-state index < -0.39 is 51.1 Å². The van der Waals surface area contributed by atoms with E-state index in [-0.39, 0.29) is 17.0 Å². The van der Waals surface area contributed by atoms with Crippen molar-refractivity contribution in [3.8, 4) is 0 Å². The Balaban J connectivity index is 1.84. The van der Waals surface area contributed by atoms with Crippen LogP contribution in [-0.2, 0) is 32.2 Å². The molecule has 3 aromatic rings. The molecule has 5 nitrogen and oxygen atoms in total. The zero-order valence-corrected chi connectivity index (χ0v) is 21.6. The van der Waals surface area contributed by atoms with E-state index in [0.717, 1.165) is 34.1 Å². The van der Waals surface area contributed by atoms with Gasteiger partial charge in [0.1, 0.15) is 5.82 Å². The van der Waals surface area contributed by atoms with E-state index in [0.29, 0.717) is 11.1 Å². The molecular formula is C28H25F4NO4S. The molecule has 0 N–H and O–H groups in total. The number of benzene rings is 3. The van der Waals surface area contributed by atoms with E-state index in [1.54, 1.807) is 38.1 Å². The van der Waals surface area contributed by atoms with Gasteiger partial charge < -0.3 is 4.74 Å². The highest BCUT2D eigenvalue weighted by atomic mass is 32.2. The molecule has 0 aliphatic carbocycles. The van der Waals surface area contributed by atoms with Crippen LogP contribution in [0.5, 0.6) is 0 Å². The predicted octanol–water partition coefficient (Wildman–Crippen LogP) is 6.25. The Bertz CT molecular complexity index is 1520. The Hall–Kier alpha value is -3.66. The lowest BCUT2D eigenvalue weighted by molar-refractivity contribution is -0.146. The van der Waals surface area contributed by atoms with Crippen LogP contribution in [0.15, 0.2) is 65.6 Å². The van der Waals surface area contributed by atoms with E-state index in [1.807, 2.05) is 0 Å².